The van der Waals surface area contributed by atoms with Gasteiger partial charge in [0, 0.05) is 46.2 Å². The molecule has 5 aliphatic heterocycles. The summed E-state index contributed by atoms with van der Waals surface area (Å²) in [4.78, 5) is 212. The number of rotatable bonds is 8. The summed E-state index contributed by atoms with van der Waals surface area (Å²) in [6.45, 7) is 16.9. The van der Waals surface area contributed by atoms with E-state index in [-0.39, 0.29) is 34.4 Å². The fraction of sp³-hybridized carbons (Fsp3) is 0.597. The maximum Gasteiger partial charge on any atom is 0.329 e. The zero-order valence-electron chi connectivity index (χ0n) is 54.9. The number of amides is 10. The number of nitrogens with zero attached hydrogens (tertiary/aromatic N) is 7. The van der Waals surface area contributed by atoms with Crippen molar-refractivity contribution in [3.8, 4) is 11.5 Å². The number of carbonyl (C=O) groups is 13. The molecular weight excluding hydrogens is 1240 g/mol. The first-order chi connectivity index (χ1) is 43.4. The highest BCUT2D eigenvalue weighted by molar-refractivity contribution is 6.19. The average Bonchev–Trinajstić information content (AvgIpc) is 1.48. The highest BCUT2D eigenvalue weighted by Crippen LogP contribution is 2.36. The standard InChI is InChI=1S/C62H83ClN12O18/c1-24(2)42-58(86)74-28(8)19-36(77)49(74)60(88)71(14)23-39(79)73(16)48(26(5)6)62(90)91-32(12)44(55(83)66-42)68-53(81)33-18-17-27(7)51-45(33)65-47-40(41(64)50(80)29(9)52(47)93-51)54(82)69-46-37(21-63)92-61(89)31(11)72(15)38(78)22-70(13)57(85)34-20-35(76)30(10)75(34)59(87)43(25(3)4)67-56(46)84/h17-18,24-26,28,30-32,34,36-37,42-44,46,48-49,77H,19-23,64H2,1-16H3,(H,66,83)(H,67,84)(H,68,81)(H,69,82)/t28-,30-,31-,32+,34-,36-,37+,42+,43+,44-,46-,48-,49-/m0/s1. The van der Waals surface area contributed by atoms with Crippen LogP contribution >= 0.6 is 11.6 Å². The van der Waals surface area contributed by atoms with Crippen molar-refractivity contribution < 1.29 is 81.3 Å². The fourth-order valence-electron chi connectivity index (χ4n) is 12.2. The number of ether oxygens (including phenoxy) is 2. The minimum atomic E-state index is -2.09. The molecule has 1 aromatic carbocycles. The Kier molecular flexibility index (Phi) is 21.7. The molecule has 5 heterocycles. The number of nitrogens with two attached hydrogens (primary N) is 1. The van der Waals surface area contributed by atoms with Gasteiger partial charge in [-0.2, -0.15) is 0 Å². The first kappa shape index (κ1) is 71.6. The van der Waals surface area contributed by atoms with Crippen LogP contribution in [0.2, 0.25) is 0 Å². The van der Waals surface area contributed by atoms with Crippen LogP contribution in [-0.2, 0) is 62.2 Å². The number of nitrogens with one attached hydrogen (secondary N) is 4. The third-order valence-electron chi connectivity index (χ3n) is 17.9. The lowest BCUT2D eigenvalue weighted by atomic mass is 9.98. The second-order valence-electron chi connectivity index (χ2n) is 25.6. The Hall–Kier alpha value is -8.80. The van der Waals surface area contributed by atoms with Gasteiger partial charge in [-0.25, -0.2) is 14.6 Å². The first-order valence-electron chi connectivity index (χ1n) is 30.6. The van der Waals surface area contributed by atoms with Gasteiger partial charge in [0.2, 0.25) is 52.7 Å². The maximum absolute atomic E-state index is 15.2. The number of fused-ring (bicyclic) bond motifs is 4. The number of carbonyl (C=O) groups excluding carboxylic acids is 13. The molecule has 7 N–H and O–H groups in total. The number of Topliss-reactive ketones (excluding diaryl/α,β-unsaturated/α-hetero) is 1. The molecule has 10 amide bonds. The molecular formula is C62H83ClN12O18. The molecule has 93 heavy (non-hydrogen) atoms. The van der Waals surface area contributed by atoms with E-state index in [4.69, 9.17) is 36.2 Å². The van der Waals surface area contributed by atoms with E-state index in [0.717, 1.165) is 29.4 Å². The molecule has 1 aliphatic carbocycles. The molecule has 30 nitrogen and oxygen atoms in total. The number of cyclic esters (lactones) is 2. The van der Waals surface area contributed by atoms with E-state index in [1.54, 1.807) is 55.4 Å². The number of ketones is 1. The number of benzene rings is 2. The van der Waals surface area contributed by atoms with Crippen molar-refractivity contribution in [3.63, 3.8) is 0 Å². The Morgan fingerprint density at radius 2 is 1.26 bits per heavy atom. The van der Waals surface area contributed by atoms with Crippen LogP contribution in [0.1, 0.15) is 114 Å². The van der Waals surface area contributed by atoms with Crippen LogP contribution in [0.3, 0.4) is 0 Å². The monoisotopic (exact) mass is 1320 g/mol. The van der Waals surface area contributed by atoms with Crippen molar-refractivity contribution in [2.24, 2.45) is 17.8 Å². The number of nitrogen functional groups attached to an aromatic ring is 1. The fourth-order valence-corrected chi connectivity index (χ4v) is 12.4. The number of aliphatic hydroxyl groups is 1. The highest BCUT2D eigenvalue weighted by atomic mass is 35.5. The van der Waals surface area contributed by atoms with Gasteiger partial charge in [-0.1, -0.05) is 47.6 Å². The molecule has 6 aliphatic rings. The van der Waals surface area contributed by atoms with Crippen LogP contribution in [0.15, 0.2) is 21.3 Å². The largest absolute Gasteiger partial charge is 0.458 e. The van der Waals surface area contributed by atoms with Crippen molar-refractivity contribution >= 4 is 105 Å². The van der Waals surface area contributed by atoms with Crippen molar-refractivity contribution in [2.45, 2.75) is 175 Å². The van der Waals surface area contributed by atoms with E-state index >= 15 is 9.59 Å². The number of hydrogen-bond donors (Lipinski definition) is 6. The summed E-state index contributed by atoms with van der Waals surface area (Å²) >= 11 is 6.49. The van der Waals surface area contributed by atoms with Crippen LogP contribution in [-0.4, -0.2) is 242 Å². The van der Waals surface area contributed by atoms with Gasteiger partial charge in [0.25, 0.3) is 11.8 Å². The van der Waals surface area contributed by atoms with Crippen LogP contribution < -0.4 is 32.4 Å². The van der Waals surface area contributed by atoms with E-state index < -0.39 is 221 Å². The molecule has 0 radical (unpaired) electrons. The predicted octanol–water partition coefficient (Wildman–Crippen LogP) is -0.765. The molecule has 0 unspecified atom stereocenters. The Morgan fingerprint density at radius 1 is 0.710 bits per heavy atom. The Morgan fingerprint density at radius 3 is 1.83 bits per heavy atom. The third kappa shape index (κ3) is 14.0. The normalized spacial score (nSPS) is 28.1. The zero-order chi connectivity index (χ0) is 69.6. The average molecular weight is 1320 g/mol. The molecule has 4 saturated heterocycles. The number of aryl methyl sites for hydroxylation is 1. The third-order valence-corrected chi connectivity index (χ3v) is 18.2. The molecule has 7 rings (SSSR count). The summed E-state index contributed by atoms with van der Waals surface area (Å²) in [5.74, 6) is -15.3. The number of aromatic nitrogens is 1. The van der Waals surface area contributed by atoms with E-state index in [9.17, 15) is 62.6 Å². The maximum atomic E-state index is 15.2. The number of alkyl halides is 1. The first-order valence-corrected chi connectivity index (χ1v) is 31.1. The van der Waals surface area contributed by atoms with E-state index in [1.807, 2.05) is 0 Å². The summed E-state index contributed by atoms with van der Waals surface area (Å²) in [5, 5.41) is 21.6. The quantitative estimate of drug-likeness (QED) is 0.0698. The zero-order valence-corrected chi connectivity index (χ0v) is 55.7. The van der Waals surface area contributed by atoms with Crippen LogP contribution in [0.25, 0.3) is 22.6 Å². The summed E-state index contributed by atoms with van der Waals surface area (Å²) in [5.41, 5.74) is 2.91. The lowest BCUT2D eigenvalue weighted by Crippen LogP contribution is -2.62. The van der Waals surface area contributed by atoms with Gasteiger partial charge >= 0.3 is 11.9 Å². The molecule has 0 bridgehead atoms. The predicted molar refractivity (Wildman–Crippen MR) is 332 cm³/mol. The molecule has 506 valence electrons. The van der Waals surface area contributed by atoms with Gasteiger partial charge in [0.05, 0.1) is 47.9 Å². The van der Waals surface area contributed by atoms with Crippen molar-refractivity contribution in [3.05, 3.63) is 44.6 Å². The molecule has 4 fully saturated rings. The number of esters is 2. The van der Waals surface area contributed by atoms with E-state index in [0.29, 0.717) is 5.56 Å². The highest BCUT2D eigenvalue weighted by Gasteiger charge is 2.52. The summed E-state index contributed by atoms with van der Waals surface area (Å²) < 4.78 is 18.1. The van der Waals surface area contributed by atoms with Gasteiger partial charge in [0.15, 0.2) is 17.1 Å². The van der Waals surface area contributed by atoms with Crippen LogP contribution in [0.5, 0.6) is 0 Å². The van der Waals surface area contributed by atoms with Gasteiger partial charge in [-0.15, -0.1) is 11.6 Å². The van der Waals surface area contributed by atoms with Crippen LogP contribution in [0, 0.1) is 31.6 Å². The van der Waals surface area contributed by atoms with Crippen molar-refractivity contribution in [1.29, 1.82) is 0 Å². The molecule has 31 heteroatoms. The molecule has 0 saturated carbocycles. The summed E-state index contributed by atoms with van der Waals surface area (Å²) in [6, 6.07) is -11.7. The number of anilines is 1. The number of likely N-dealkylation sites (N-methyl/N-ethyl adjacent to an activating group) is 4. The Balaban J connectivity index is 1.34. The molecule has 1 aromatic rings. The Labute approximate surface area is 541 Å². The van der Waals surface area contributed by atoms with E-state index in [2.05, 4.69) is 21.3 Å². The summed E-state index contributed by atoms with van der Waals surface area (Å²) in [6.07, 6.45) is -5.24. The molecule has 0 spiro atoms. The minimum Gasteiger partial charge on any atom is -0.458 e. The molecule has 0 aromatic heterocycles. The minimum absolute atomic E-state index is 0.0330. The lowest BCUT2D eigenvalue weighted by molar-refractivity contribution is -0.163. The van der Waals surface area contributed by atoms with Crippen molar-refractivity contribution in [1.82, 2.24) is 55.7 Å². The van der Waals surface area contributed by atoms with Gasteiger partial charge in [-0.05, 0) is 77.3 Å². The van der Waals surface area contributed by atoms with E-state index in [1.165, 1.54) is 68.0 Å². The number of halogens is 1. The second kappa shape index (κ2) is 28.2. The number of aliphatic hydroxyl groups excluding tert-OH is 1. The van der Waals surface area contributed by atoms with Gasteiger partial charge < -0.3 is 75.4 Å². The Bertz CT molecular complexity index is 3590. The smallest absolute Gasteiger partial charge is 0.329 e. The van der Waals surface area contributed by atoms with Gasteiger partial charge in [0.1, 0.15) is 71.8 Å². The second-order valence-corrected chi connectivity index (χ2v) is 25.9. The van der Waals surface area contributed by atoms with Crippen LogP contribution in [0.4, 0.5) is 5.69 Å². The number of hydrogen-bond acceptors (Lipinski definition) is 20. The topological polar surface area (TPSA) is 397 Å². The van der Waals surface area contributed by atoms with Gasteiger partial charge in [-0.3, -0.25) is 57.5 Å². The summed E-state index contributed by atoms with van der Waals surface area (Å²) in [7, 11) is 5.16. The molecule has 13 atom stereocenters. The lowest BCUT2D eigenvalue weighted by Gasteiger charge is -2.37. The SMILES string of the molecule is Cc1c2oc3c(C)ccc(C(=O)N[C@@H]4C(=O)N[C@H](C(C)C)C(=O)N5[C@H](C(=O)N(C)CC(=O)N(C)[C@@H](C(C)C)C(=O)O[C@@H]4C)[C@@H](O)C[C@@H]5C)c3nc-2c(C(=O)N[C@@H]2C(=O)N[C@H](C(C)C)C(=O)N3[C@@H](C)C(=O)C[C@H]3C(=O)N(C)CC(=O)N(C)[C@@H](C)C(=O)O[C@@H]2CCl)c(N)c1=O. The van der Waals surface area contributed by atoms with Crippen molar-refractivity contribution in [2.75, 3.05) is 52.9 Å².